The van der Waals surface area contributed by atoms with E-state index in [1.165, 1.54) is 13.2 Å². The molecular weight excluding hydrogens is 208 g/mol. The number of hydrogen-bond acceptors (Lipinski definition) is 4. The van der Waals surface area contributed by atoms with Crippen molar-refractivity contribution in [3.8, 4) is 0 Å². The molecule has 1 aromatic rings. The SMILES string of the molecule is CO/N=C(/C)c1c(C)cc(C)cc1[N+](=O)[O-]. The first-order chi connectivity index (χ1) is 7.47. The first-order valence-corrected chi connectivity index (χ1v) is 4.81. The highest BCUT2D eigenvalue weighted by atomic mass is 16.6. The molecule has 0 spiro atoms. The lowest BCUT2D eigenvalue weighted by atomic mass is 10.00. The summed E-state index contributed by atoms with van der Waals surface area (Å²) in [4.78, 5) is 15.2. The third-order valence-electron chi connectivity index (χ3n) is 2.25. The molecule has 0 bridgehead atoms. The Labute approximate surface area is 93.9 Å². The second kappa shape index (κ2) is 4.74. The molecule has 0 aliphatic carbocycles. The summed E-state index contributed by atoms with van der Waals surface area (Å²) in [6.45, 7) is 5.34. The standard InChI is InChI=1S/C11H14N2O3/c1-7-5-8(2)11(9(3)12-16-4)10(6-7)13(14)15/h5-6H,1-4H3/b12-9-. The Balaban J connectivity index is 3.47. The van der Waals surface area contributed by atoms with Gasteiger partial charge in [-0.25, -0.2) is 0 Å². The predicted molar refractivity (Wildman–Crippen MR) is 61.8 cm³/mol. The van der Waals surface area contributed by atoms with Crippen molar-refractivity contribution in [3.63, 3.8) is 0 Å². The molecule has 0 radical (unpaired) electrons. The van der Waals surface area contributed by atoms with Gasteiger partial charge in [0.25, 0.3) is 5.69 Å². The van der Waals surface area contributed by atoms with Crippen LogP contribution < -0.4 is 0 Å². The molecule has 86 valence electrons. The quantitative estimate of drug-likeness (QED) is 0.448. The van der Waals surface area contributed by atoms with Crippen molar-refractivity contribution in [2.24, 2.45) is 5.16 Å². The molecule has 0 N–H and O–H groups in total. The number of benzene rings is 1. The molecule has 0 aromatic heterocycles. The van der Waals surface area contributed by atoms with Gasteiger partial charge in [-0.3, -0.25) is 10.1 Å². The first-order valence-electron chi connectivity index (χ1n) is 4.81. The summed E-state index contributed by atoms with van der Waals surface area (Å²) < 4.78 is 0. The summed E-state index contributed by atoms with van der Waals surface area (Å²) in [5.74, 6) is 0. The Morgan fingerprint density at radius 2 is 2.06 bits per heavy atom. The van der Waals surface area contributed by atoms with E-state index in [1.807, 2.05) is 19.9 Å². The van der Waals surface area contributed by atoms with E-state index >= 15 is 0 Å². The van der Waals surface area contributed by atoms with Gasteiger partial charge in [-0.15, -0.1) is 0 Å². The summed E-state index contributed by atoms with van der Waals surface area (Å²) >= 11 is 0. The van der Waals surface area contributed by atoms with Crippen molar-refractivity contribution in [1.82, 2.24) is 0 Å². The zero-order valence-corrected chi connectivity index (χ0v) is 9.77. The first kappa shape index (κ1) is 12.2. The van der Waals surface area contributed by atoms with Crippen LogP contribution in [0.25, 0.3) is 0 Å². The van der Waals surface area contributed by atoms with Crippen LogP contribution in [0.4, 0.5) is 5.69 Å². The molecule has 0 aliphatic heterocycles. The second-order valence-electron chi connectivity index (χ2n) is 3.59. The molecule has 0 aliphatic rings. The van der Waals surface area contributed by atoms with Crippen molar-refractivity contribution >= 4 is 11.4 Å². The monoisotopic (exact) mass is 222 g/mol. The molecule has 0 amide bonds. The summed E-state index contributed by atoms with van der Waals surface area (Å²) in [6, 6.07) is 3.42. The van der Waals surface area contributed by atoms with Gasteiger partial charge in [0, 0.05) is 6.07 Å². The number of nitro benzene ring substituents is 1. The lowest BCUT2D eigenvalue weighted by molar-refractivity contribution is -0.385. The predicted octanol–water partition coefficient (Wildman–Crippen LogP) is 2.58. The van der Waals surface area contributed by atoms with Crippen LogP contribution in [0.15, 0.2) is 17.3 Å². The second-order valence-corrected chi connectivity index (χ2v) is 3.59. The van der Waals surface area contributed by atoms with Crippen LogP contribution in [0.3, 0.4) is 0 Å². The van der Waals surface area contributed by atoms with E-state index in [4.69, 9.17) is 0 Å². The van der Waals surface area contributed by atoms with Crippen LogP contribution >= 0.6 is 0 Å². The lowest BCUT2D eigenvalue weighted by Crippen LogP contribution is -2.05. The molecule has 0 heterocycles. The van der Waals surface area contributed by atoms with Crippen LogP contribution in [0.2, 0.25) is 0 Å². The third kappa shape index (κ3) is 2.36. The molecule has 0 unspecified atom stereocenters. The Hall–Kier alpha value is -1.91. The van der Waals surface area contributed by atoms with Crippen molar-refractivity contribution in [2.75, 3.05) is 7.11 Å². The average Bonchev–Trinajstić information content (AvgIpc) is 2.16. The van der Waals surface area contributed by atoms with Crippen molar-refractivity contribution in [3.05, 3.63) is 38.9 Å². The maximum absolute atomic E-state index is 10.9. The molecule has 5 nitrogen and oxygen atoms in total. The largest absolute Gasteiger partial charge is 0.399 e. The van der Waals surface area contributed by atoms with Crippen molar-refractivity contribution < 1.29 is 9.76 Å². The van der Waals surface area contributed by atoms with E-state index in [1.54, 1.807) is 6.92 Å². The minimum atomic E-state index is -0.399. The summed E-state index contributed by atoms with van der Waals surface area (Å²) in [5.41, 5.74) is 2.78. The van der Waals surface area contributed by atoms with Gasteiger partial charge in [-0.2, -0.15) is 0 Å². The zero-order chi connectivity index (χ0) is 12.3. The van der Waals surface area contributed by atoms with Crippen LogP contribution in [0.5, 0.6) is 0 Å². The number of oxime groups is 1. The number of nitrogens with zero attached hydrogens (tertiary/aromatic N) is 2. The van der Waals surface area contributed by atoms with Crippen LogP contribution in [0, 0.1) is 24.0 Å². The van der Waals surface area contributed by atoms with Crippen LogP contribution in [-0.2, 0) is 4.84 Å². The van der Waals surface area contributed by atoms with E-state index in [2.05, 4.69) is 9.99 Å². The van der Waals surface area contributed by atoms with Crippen LogP contribution in [-0.4, -0.2) is 17.7 Å². The van der Waals surface area contributed by atoms with Crippen molar-refractivity contribution in [1.29, 1.82) is 0 Å². The maximum atomic E-state index is 10.9. The topological polar surface area (TPSA) is 64.7 Å². The fourth-order valence-electron chi connectivity index (χ4n) is 1.74. The average molecular weight is 222 g/mol. The molecular formula is C11H14N2O3. The third-order valence-corrected chi connectivity index (χ3v) is 2.25. The fourth-order valence-corrected chi connectivity index (χ4v) is 1.74. The van der Waals surface area contributed by atoms with Gasteiger partial charge in [0.15, 0.2) is 0 Å². The summed E-state index contributed by atoms with van der Waals surface area (Å²) in [7, 11) is 1.42. The van der Waals surface area contributed by atoms with E-state index in [-0.39, 0.29) is 5.69 Å². The Morgan fingerprint density at radius 3 is 2.56 bits per heavy atom. The van der Waals surface area contributed by atoms with Gasteiger partial charge in [-0.1, -0.05) is 11.2 Å². The minimum absolute atomic E-state index is 0.0656. The van der Waals surface area contributed by atoms with E-state index in [0.717, 1.165) is 11.1 Å². The molecule has 5 heteroatoms. The lowest BCUT2D eigenvalue weighted by Gasteiger charge is -2.07. The summed E-state index contributed by atoms with van der Waals surface area (Å²) in [6.07, 6.45) is 0. The van der Waals surface area contributed by atoms with E-state index in [0.29, 0.717) is 11.3 Å². The molecule has 0 atom stereocenters. The molecule has 0 saturated heterocycles. The Morgan fingerprint density at radius 1 is 1.44 bits per heavy atom. The molecule has 0 fully saturated rings. The number of hydrogen-bond donors (Lipinski definition) is 0. The Bertz CT molecular complexity index is 453. The normalized spacial score (nSPS) is 11.4. The highest BCUT2D eigenvalue weighted by Crippen LogP contribution is 2.24. The van der Waals surface area contributed by atoms with Gasteiger partial charge in [-0.05, 0) is 31.9 Å². The zero-order valence-electron chi connectivity index (χ0n) is 9.77. The van der Waals surface area contributed by atoms with Gasteiger partial charge >= 0.3 is 0 Å². The minimum Gasteiger partial charge on any atom is -0.399 e. The number of aryl methyl sites for hydroxylation is 2. The van der Waals surface area contributed by atoms with Crippen LogP contribution in [0.1, 0.15) is 23.6 Å². The smallest absolute Gasteiger partial charge is 0.279 e. The Kier molecular flexibility index (Phi) is 3.60. The summed E-state index contributed by atoms with van der Waals surface area (Å²) in [5, 5.41) is 14.7. The number of rotatable bonds is 3. The molecule has 16 heavy (non-hydrogen) atoms. The number of nitro groups is 1. The van der Waals surface area contributed by atoms with Gasteiger partial charge < -0.3 is 4.84 Å². The maximum Gasteiger partial charge on any atom is 0.279 e. The van der Waals surface area contributed by atoms with Gasteiger partial charge in [0.1, 0.15) is 7.11 Å². The fraction of sp³-hybridized carbons (Fsp3) is 0.364. The van der Waals surface area contributed by atoms with E-state index < -0.39 is 4.92 Å². The highest BCUT2D eigenvalue weighted by molar-refractivity contribution is 6.03. The molecule has 1 aromatic carbocycles. The van der Waals surface area contributed by atoms with E-state index in [9.17, 15) is 10.1 Å². The molecule has 1 rings (SSSR count). The highest BCUT2D eigenvalue weighted by Gasteiger charge is 2.19. The van der Waals surface area contributed by atoms with Gasteiger partial charge in [0.2, 0.25) is 0 Å². The van der Waals surface area contributed by atoms with Gasteiger partial charge in [0.05, 0.1) is 16.2 Å². The molecule has 0 saturated carbocycles. The van der Waals surface area contributed by atoms with Crippen molar-refractivity contribution in [2.45, 2.75) is 20.8 Å².